The van der Waals surface area contributed by atoms with Gasteiger partial charge in [0.25, 0.3) is 5.56 Å². The van der Waals surface area contributed by atoms with Crippen molar-refractivity contribution in [3.63, 3.8) is 0 Å². The zero-order valence-electron chi connectivity index (χ0n) is 6.09. The molecule has 1 aromatic heterocycles. The molecule has 1 heterocycles. The average molecular weight is 135 g/mol. The Morgan fingerprint density at radius 3 is 2.80 bits per heavy atom. The molecule has 0 unspecified atom stereocenters. The molecule has 0 aliphatic heterocycles. The molecule has 0 saturated carbocycles. The summed E-state index contributed by atoms with van der Waals surface area (Å²) in [6.45, 7) is 3.68. The van der Waals surface area contributed by atoms with Gasteiger partial charge in [0.15, 0.2) is 0 Å². The van der Waals surface area contributed by atoms with Gasteiger partial charge in [0.1, 0.15) is 0 Å². The van der Waals surface area contributed by atoms with Crippen LogP contribution in [0.5, 0.6) is 0 Å². The number of rotatable bonds is 0. The van der Waals surface area contributed by atoms with Gasteiger partial charge >= 0.3 is 0 Å². The summed E-state index contributed by atoms with van der Waals surface area (Å²) in [7, 11) is 0. The van der Waals surface area contributed by atoms with Gasteiger partial charge in [-0.2, -0.15) is 0 Å². The van der Waals surface area contributed by atoms with Crippen LogP contribution in [0.3, 0.4) is 0 Å². The first-order valence-electron chi connectivity index (χ1n) is 3.14. The molecule has 1 aromatic rings. The molecule has 1 rings (SSSR count). The molecule has 0 atom stereocenters. The van der Waals surface area contributed by atoms with Crippen molar-refractivity contribution >= 4 is 0 Å². The van der Waals surface area contributed by atoms with Gasteiger partial charge in [-0.1, -0.05) is 6.07 Å². The predicted octanol–water partition coefficient (Wildman–Crippen LogP) is 1.06. The van der Waals surface area contributed by atoms with Crippen molar-refractivity contribution < 1.29 is 0 Å². The summed E-state index contributed by atoms with van der Waals surface area (Å²) in [5.74, 6) is 0. The Labute approximate surface area is 59.6 Å². The normalized spacial score (nSPS) is 9.40. The van der Waals surface area contributed by atoms with Crippen molar-refractivity contribution in [1.82, 2.24) is 4.98 Å². The number of hydrogen-bond acceptors (Lipinski definition) is 2. The fourth-order valence-corrected chi connectivity index (χ4v) is 0.689. The summed E-state index contributed by atoms with van der Waals surface area (Å²) >= 11 is 0. The van der Waals surface area contributed by atoms with Gasteiger partial charge in [0.05, 0.1) is 0 Å². The maximum atomic E-state index is 10.9. The molecule has 0 amide bonds. The summed E-state index contributed by atoms with van der Waals surface area (Å²) in [4.78, 5) is 14.6. The number of hydrogen-bond donors (Lipinski definition) is 0. The van der Waals surface area contributed by atoms with E-state index in [1.807, 2.05) is 13.0 Å². The van der Waals surface area contributed by atoms with Crippen molar-refractivity contribution in [3.8, 4) is 0 Å². The Morgan fingerprint density at radius 1 is 1.40 bits per heavy atom. The fraction of sp³-hybridized carbons (Fsp3) is 0.250. The predicted molar refractivity (Wildman–Crippen MR) is 40.0 cm³/mol. The summed E-state index contributed by atoms with van der Waals surface area (Å²) < 4.78 is 0. The van der Waals surface area contributed by atoms with Gasteiger partial charge < -0.3 is 0 Å². The maximum absolute atomic E-state index is 10.9. The quantitative estimate of drug-likeness (QED) is 0.532. The molecular weight excluding hydrogens is 126 g/mol. The topological polar surface area (TPSA) is 30.0 Å². The molecule has 2 nitrogen and oxygen atoms in total. The second kappa shape index (κ2) is 2.60. The first-order valence-corrected chi connectivity index (χ1v) is 3.14. The van der Waals surface area contributed by atoms with E-state index in [2.05, 4.69) is 4.98 Å². The van der Waals surface area contributed by atoms with Crippen LogP contribution >= 0.6 is 0 Å². The van der Waals surface area contributed by atoms with Gasteiger partial charge in [0, 0.05) is 11.8 Å². The van der Waals surface area contributed by atoms with Crippen LogP contribution in [0.1, 0.15) is 11.1 Å². The molecular formula is C8H9NO. The van der Waals surface area contributed by atoms with E-state index in [4.69, 9.17) is 0 Å². The molecule has 0 aliphatic carbocycles. The lowest BCUT2D eigenvalue weighted by Crippen LogP contribution is -2.05. The van der Waals surface area contributed by atoms with Gasteiger partial charge in [-0.15, -0.1) is 0 Å². The number of aryl methyl sites for hydroxylation is 1. The van der Waals surface area contributed by atoms with Crippen LogP contribution in [0.25, 0.3) is 0 Å². The molecule has 0 saturated heterocycles. The minimum absolute atomic E-state index is 0.137. The highest BCUT2D eigenvalue weighted by Crippen LogP contribution is 1.95. The van der Waals surface area contributed by atoms with Crippen LogP contribution in [0, 0.1) is 13.8 Å². The van der Waals surface area contributed by atoms with Crippen LogP contribution in [0.2, 0.25) is 0 Å². The highest BCUT2D eigenvalue weighted by Gasteiger charge is 1.92. The van der Waals surface area contributed by atoms with Crippen molar-refractivity contribution in [3.05, 3.63) is 39.8 Å². The Morgan fingerprint density at radius 2 is 2.10 bits per heavy atom. The first-order chi connectivity index (χ1) is 4.72. The summed E-state index contributed by atoms with van der Waals surface area (Å²) in [6, 6.07) is 3.65. The zero-order valence-corrected chi connectivity index (χ0v) is 6.09. The maximum Gasteiger partial charge on any atom is 0.272 e. The minimum atomic E-state index is -0.137. The summed E-state index contributed by atoms with van der Waals surface area (Å²) in [6.07, 6.45) is 1.52. The molecule has 10 heavy (non-hydrogen) atoms. The largest absolute Gasteiger partial charge is 0.272 e. The van der Waals surface area contributed by atoms with Crippen molar-refractivity contribution in [2.24, 2.45) is 0 Å². The van der Waals surface area contributed by atoms with Gasteiger partial charge in [-0.3, -0.25) is 4.79 Å². The summed E-state index contributed by atoms with van der Waals surface area (Å²) in [5, 5.41) is 0. The molecule has 0 spiro atoms. The van der Waals surface area contributed by atoms with E-state index < -0.39 is 0 Å². The second-order valence-electron chi connectivity index (χ2n) is 2.25. The van der Waals surface area contributed by atoms with Crippen molar-refractivity contribution in [2.75, 3.05) is 0 Å². The fourth-order valence-electron chi connectivity index (χ4n) is 0.689. The van der Waals surface area contributed by atoms with E-state index in [0.717, 1.165) is 11.1 Å². The SMILES string of the molecule is Cc1cccnc(=O)c1C. The third-order valence-corrected chi connectivity index (χ3v) is 1.54. The number of aromatic nitrogens is 1. The van der Waals surface area contributed by atoms with Gasteiger partial charge in [-0.05, 0) is 25.5 Å². The molecule has 0 N–H and O–H groups in total. The molecule has 0 aliphatic rings. The standard InChI is InChI=1S/C8H9NO/c1-6-4-3-5-9-8(10)7(6)2/h3-5H,1-2H3. The lowest BCUT2D eigenvalue weighted by molar-refractivity contribution is 1.20. The molecule has 0 bridgehead atoms. The smallest absolute Gasteiger partial charge is 0.267 e. The van der Waals surface area contributed by atoms with E-state index in [1.165, 1.54) is 6.20 Å². The minimum Gasteiger partial charge on any atom is -0.267 e. The monoisotopic (exact) mass is 135 g/mol. The van der Waals surface area contributed by atoms with E-state index in [-0.39, 0.29) is 5.56 Å². The number of nitrogens with zero attached hydrogens (tertiary/aromatic N) is 1. The third kappa shape index (κ3) is 1.21. The summed E-state index contributed by atoms with van der Waals surface area (Å²) in [5.41, 5.74) is 1.58. The molecule has 0 fully saturated rings. The van der Waals surface area contributed by atoms with Crippen LogP contribution in [-0.4, -0.2) is 4.98 Å². The van der Waals surface area contributed by atoms with Gasteiger partial charge in [0.2, 0.25) is 0 Å². The van der Waals surface area contributed by atoms with E-state index in [9.17, 15) is 4.79 Å². The highest BCUT2D eigenvalue weighted by molar-refractivity contribution is 5.18. The molecule has 2 heteroatoms. The molecule has 0 aromatic carbocycles. The van der Waals surface area contributed by atoms with Crippen molar-refractivity contribution in [2.45, 2.75) is 13.8 Å². The van der Waals surface area contributed by atoms with Crippen molar-refractivity contribution in [1.29, 1.82) is 0 Å². The Bertz CT molecular complexity index is 293. The van der Waals surface area contributed by atoms with Crippen LogP contribution < -0.4 is 5.56 Å². The molecule has 0 radical (unpaired) electrons. The average Bonchev–Trinajstić information content (AvgIpc) is 2.04. The van der Waals surface area contributed by atoms with E-state index in [0.29, 0.717) is 0 Å². The second-order valence-corrected chi connectivity index (χ2v) is 2.25. The highest BCUT2D eigenvalue weighted by atomic mass is 16.1. The van der Waals surface area contributed by atoms with Crippen LogP contribution in [0.15, 0.2) is 23.1 Å². The van der Waals surface area contributed by atoms with Gasteiger partial charge in [-0.25, -0.2) is 4.98 Å². The third-order valence-electron chi connectivity index (χ3n) is 1.54. The van der Waals surface area contributed by atoms with Crippen LogP contribution in [0.4, 0.5) is 0 Å². The Hall–Kier alpha value is -1.18. The first kappa shape index (κ1) is 6.93. The van der Waals surface area contributed by atoms with Crippen LogP contribution in [-0.2, 0) is 0 Å². The van der Waals surface area contributed by atoms with E-state index >= 15 is 0 Å². The van der Waals surface area contributed by atoms with E-state index in [1.54, 1.807) is 13.0 Å². The lowest BCUT2D eigenvalue weighted by Gasteiger charge is -1.85. The lowest BCUT2D eigenvalue weighted by atomic mass is 10.2. The molecule has 52 valence electrons. The Balaban J connectivity index is 3.53. The zero-order chi connectivity index (χ0) is 7.56. The Kier molecular flexibility index (Phi) is 1.81.